The predicted octanol–water partition coefficient (Wildman–Crippen LogP) is 3.27. The summed E-state index contributed by atoms with van der Waals surface area (Å²) < 4.78 is 1.81. The molecular formula is C19H20N2O2S2. The summed E-state index contributed by atoms with van der Waals surface area (Å²) in [4.78, 5) is 20.2. The molecule has 0 spiro atoms. The van der Waals surface area contributed by atoms with Crippen molar-refractivity contribution in [3.05, 3.63) is 56.7 Å². The van der Waals surface area contributed by atoms with E-state index in [1.54, 1.807) is 15.9 Å². The molecule has 0 radical (unpaired) electrons. The maximum Gasteiger partial charge on any atom is 0.263 e. The smallest absolute Gasteiger partial charge is 0.263 e. The summed E-state index contributed by atoms with van der Waals surface area (Å²) in [5, 5.41) is 10.7. The van der Waals surface area contributed by atoms with E-state index < -0.39 is 0 Å². The number of hydrogen-bond acceptors (Lipinski definition) is 5. The summed E-state index contributed by atoms with van der Waals surface area (Å²) >= 11 is 3.13. The highest BCUT2D eigenvalue weighted by Crippen LogP contribution is 2.35. The molecule has 0 atom stereocenters. The second-order valence-electron chi connectivity index (χ2n) is 6.20. The van der Waals surface area contributed by atoms with Crippen LogP contribution in [0, 0.1) is 0 Å². The number of hydrogen-bond donors (Lipinski definition) is 1. The van der Waals surface area contributed by atoms with E-state index in [1.165, 1.54) is 27.8 Å². The number of aryl methyl sites for hydroxylation is 3. The maximum absolute atomic E-state index is 13.2. The molecule has 0 saturated carbocycles. The molecule has 0 bridgehead atoms. The van der Waals surface area contributed by atoms with Crippen molar-refractivity contribution in [3.8, 4) is 0 Å². The summed E-state index contributed by atoms with van der Waals surface area (Å²) in [6.07, 6.45) is 4.00. The van der Waals surface area contributed by atoms with E-state index in [0.717, 1.165) is 41.1 Å². The zero-order valence-corrected chi connectivity index (χ0v) is 15.5. The monoisotopic (exact) mass is 372 g/mol. The van der Waals surface area contributed by atoms with Crippen LogP contribution in [0.5, 0.6) is 0 Å². The van der Waals surface area contributed by atoms with Gasteiger partial charge in [-0.05, 0) is 36.8 Å². The van der Waals surface area contributed by atoms with Crippen molar-refractivity contribution >= 4 is 33.3 Å². The Morgan fingerprint density at radius 1 is 1.24 bits per heavy atom. The van der Waals surface area contributed by atoms with Crippen LogP contribution in [-0.2, 0) is 25.8 Å². The second kappa shape index (κ2) is 7.32. The molecule has 4 rings (SSSR count). The number of thiophene rings is 1. The largest absolute Gasteiger partial charge is 0.396 e. The molecule has 25 heavy (non-hydrogen) atoms. The SMILES string of the molecule is O=c1c2c3c(sc2nc(SCCO)n1CCc1ccccc1)CCC3. The van der Waals surface area contributed by atoms with E-state index in [-0.39, 0.29) is 12.2 Å². The zero-order chi connectivity index (χ0) is 17.2. The van der Waals surface area contributed by atoms with Gasteiger partial charge in [-0.3, -0.25) is 9.36 Å². The predicted molar refractivity (Wildman–Crippen MR) is 104 cm³/mol. The van der Waals surface area contributed by atoms with Crippen LogP contribution < -0.4 is 5.56 Å². The van der Waals surface area contributed by atoms with Crippen LogP contribution in [0.1, 0.15) is 22.4 Å². The van der Waals surface area contributed by atoms with Gasteiger partial charge in [0.15, 0.2) is 5.16 Å². The van der Waals surface area contributed by atoms with Gasteiger partial charge in [-0.25, -0.2) is 4.98 Å². The van der Waals surface area contributed by atoms with E-state index in [9.17, 15) is 9.90 Å². The van der Waals surface area contributed by atoms with Crippen LogP contribution >= 0.6 is 23.1 Å². The molecule has 0 unspecified atom stereocenters. The molecule has 1 aliphatic carbocycles. The first-order valence-electron chi connectivity index (χ1n) is 8.60. The van der Waals surface area contributed by atoms with Crippen molar-refractivity contribution in [2.24, 2.45) is 0 Å². The van der Waals surface area contributed by atoms with Crippen molar-refractivity contribution in [1.29, 1.82) is 0 Å². The number of fused-ring (bicyclic) bond motifs is 3. The summed E-state index contributed by atoms with van der Waals surface area (Å²) in [6, 6.07) is 10.2. The molecule has 0 saturated heterocycles. The molecule has 0 aliphatic heterocycles. The van der Waals surface area contributed by atoms with Crippen molar-refractivity contribution in [3.63, 3.8) is 0 Å². The van der Waals surface area contributed by atoms with Gasteiger partial charge in [0.25, 0.3) is 5.56 Å². The van der Waals surface area contributed by atoms with Crippen molar-refractivity contribution in [2.75, 3.05) is 12.4 Å². The average Bonchev–Trinajstić information content (AvgIpc) is 3.20. The molecule has 2 aromatic heterocycles. The lowest BCUT2D eigenvalue weighted by Gasteiger charge is -2.12. The van der Waals surface area contributed by atoms with Crippen LogP contribution in [-0.4, -0.2) is 27.0 Å². The molecule has 0 amide bonds. The van der Waals surface area contributed by atoms with Crippen LogP contribution in [0.25, 0.3) is 10.2 Å². The first kappa shape index (κ1) is 16.8. The zero-order valence-electron chi connectivity index (χ0n) is 13.9. The van der Waals surface area contributed by atoms with Crippen LogP contribution in [0.15, 0.2) is 40.3 Å². The summed E-state index contributed by atoms with van der Waals surface area (Å²) in [7, 11) is 0. The van der Waals surface area contributed by atoms with Crippen LogP contribution in [0.2, 0.25) is 0 Å². The Balaban J connectivity index is 1.76. The van der Waals surface area contributed by atoms with Crippen molar-refractivity contribution in [2.45, 2.75) is 37.4 Å². The van der Waals surface area contributed by atoms with Gasteiger partial charge in [0.05, 0.1) is 12.0 Å². The summed E-state index contributed by atoms with van der Waals surface area (Å²) in [6.45, 7) is 0.697. The first-order valence-corrected chi connectivity index (χ1v) is 10.4. The average molecular weight is 373 g/mol. The van der Waals surface area contributed by atoms with Gasteiger partial charge in [-0.2, -0.15) is 0 Å². The van der Waals surface area contributed by atoms with Gasteiger partial charge in [-0.15, -0.1) is 11.3 Å². The molecule has 3 aromatic rings. The molecule has 1 N–H and O–H groups in total. The lowest BCUT2D eigenvalue weighted by molar-refractivity contribution is 0.322. The lowest BCUT2D eigenvalue weighted by atomic mass is 10.1. The Hall–Kier alpha value is -1.63. The fraction of sp³-hybridized carbons (Fsp3) is 0.368. The number of aliphatic hydroxyl groups is 1. The highest BCUT2D eigenvalue weighted by atomic mass is 32.2. The molecule has 130 valence electrons. The van der Waals surface area contributed by atoms with Gasteiger partial charge in [-0.1, -0.05) is 42.1 Å². The Morgan fingerprint density at radius 2 is 2.08 bits per heavy atom. The molecule has 0 fully saturated rings. The minimum absolute atomic E-state index is 0.0815. The van der Waals surface area contributed by atoms with Gasteiger partial charge in [0.2, 0.25) is 0 Å². The standard InChI is InChI=1S/C19H20N2O2S2/c22-11-12-24-19-20-17-16(14-7-4-8-15(14)25-17)18(23)21(19)10-9-13-5-2-1-3-6-13/h1-3,5-6,22H,4,7-12H2. The van der Waals surface area contributed by atoms with Gasteiger partial charge >= 0.3 is 0 Å². The molecule has 4 nitrogen and oxygen atoms in total. The third kappa shape index (κ3) is 3.26. The fourth-order valence-electron chi connectivity index (χ4n) is 3.39. The maximum atomic E-state index is 13.2. The van der Waals surface area contributed by atoms with Crippen molar-refractivity contribution < 1.29 is 5.11 Å². The fourth-order valence-corrected chi connectivity index (χ4v) is 5.46. The van der Waals surface area contributed by atoms with Crippen LogP contribution in [0.3, 0.4) is 0 Å². The highest BCUT2D eigenvalue weighted by molar-refractivity contribution is 7.99. The Kier molecular flexibility index (Phi) is 4.92. The molecule has 6 heteroatoms. The van der Waals surface area contributed by atoms with Gasteiger partial charge in [0, 0.05) is 17.2 Å². The molecule has 1 aliphatic rings. The van der Waals surface area contributed by atoms with E-state index in [4.69, 9.17) is 4.98 Å². The third-order valence-electron chi connectivity index (χ3n) is 4.58. The number of rotatable bonds is 6. The molecule has 1 aromatic carbocycles. The van der Waals surface area contributed by atoms with E-state index >= 15 is 0 Å². The molecular weight excluding hydrogens is 352 g/mol. The number of aromatic nitrogens is 2. The van der Waals surface area contributed by atoms with E-state index in [0.29, 0.717) is 12.3 Å². The number of benzene rings is 1. The Bertz CT molecular complexity index is 947. The Labute approximate surface area is 154 Å². The molecule has 2 heterocycles. The van der Waals surface area contributed by atoms with Crippen LogP contribution in [0.4, 0.5) is 0 Å². The highest BCUT2D eigenvalue weighted by Gasteiger charge is 2.23. The van der Waals surface area contributed by atoms with Gasteiger partial charge < -0.3 is 5.11 Å². The number of thioether (sulfide) groups is 1. The number of aliphatic hydroxyl groups excluding tert-OH is 1. The number of nitrogens with zero attached hydrogens (tertiary/aromatic N) is 2. The normalized spacial score (nSPS) is 13.5. The minimum Gasteiger partial charge on any atom is -0.396 e. The van der Waals surface area contributed by atoms with E-state index in [1.807, 2.05) is 18.2 Å². The third-order valence-corrected chi connectivity index (χ3v) is 6.72. The quantitative estimate of drug-likeness (QED) is 0.533. The topological polar surface area (TPSA) is 55.1 Å². The van der Waals surface area contributed by atoms with Gasteiger partial charge in [0.1, 0.15) is 4.83 Å². The lowest BCUT2D eigenvalue weighted by Crippen LogP contribution is -2.24. The Morgan fingerprint density at radius 3 is 2.88 bits per heavy atom. The first-order chi connectivity index (χ1) is 12.3. The minimum atomic E-state index is 0.0815. The van der Waals surface area contributed by atoms with E-state index in [2.05, 4.69) is 12.1 Å². The van der Waals surface area contributed by atoms with Crippen molar-refractivity contribution in [1.82, 2.24) is 9.55 Å². The summed E-state index contributed by atoms with van der Waals surface area (Å²) in [5.74, 6) is 0.550. The second-order valence-corrected chi connectivity index (χ2v) is 8.34. The summed E-state index contributed by atoms with van der Waals surface area (Å²) in [5.41, 5.74) is 2.52.